The van der Waals surface area contributed by atoms with Gasteiger partial charge in [0.15, 0.2) is 5.75 Å². The molecule has 4 rings (SSSR count). The summed E-state index contributed by atoms with van der Waals surface area (Å²) in [5.74, 6) is 0.759. The fourth-order valence-electron chi connectivity index (χ4n) is 4.21. The molecule has 0 radical (unpaired) electrons. The standard InChI is InChI=1S/C26H33F2N5O3/c1-16(2)25-31-24(32-36-25)23-21(27)12-19(13-22(23)28)34-11-5-6-18-7-9-33(10-8-18)26-29-14-20(15-30-26)35-17(3)4/h12-18H,5-11H2,1-4H3. The first kappa shape index (κ1) is 25.8. The second-order valence-corrected chi connectivity index (χ2v) is 9.68. The Morgan fingerprint density at radius 2 is 1.69 bits per heavy atom. The summed E-state index contributed by atoms with van der Waals surface area (Å²) in [7, 11) is 0. The predicted octanol–water partition coefficient (Wildman–Crippen LogP) is 5.79. The van der Waals surface area contributed by atoms with Gasteiger partial charge < -0.3 is 18.9 Å². The van der Waals surface area contributed by atoms with Crippen molar-refractivity contribution in [3.63, 3.8) is 0 Å². The van der Waals surface area contributed by atoms with E-state index in [1.165, 1.54) is 12.1 Å². The highest BCUT2D eigenvalue weighted by molar-refractivity contribution is 5.58. The summed E-state index contributed by atoms with van der Waals surface area (Å²) in [5, 5.41) is 3.70. The molecule has 0 saturated carbocycles. The van der Waals surface area contributed by atoms with Crippen LogP contribution in [-0.2, 0) is 0 Å². The van der Waals surface area contributed by atoms with Crippen molar-refractivity contribution in [2.24, 2.45) is 5.92 Å². The van der Waals surface area contributed by atoms with Crippen LogP contribution in [0.3, 0.4) is 0 Å². The number of nitrogens with zero attached hydrogens (tertiary/aromatic N) is 5. The van der Waals surface area contributed by atoms with Gasteiger partial charge in [-0.25, -0.2) is 18.7 Å². The summed E-state index contributed by atoms with van der Waals surface area (Å²) in [4.78, 5) is 15.1. The number of rotatable bonds is 10. The highest BCUT2D eigenvalue weighted by Crippen LogP contribution is 2.30. The van der Waals surface area contributed by atoms with E-state index in [0.717, 1.165) is 44.7 Å². The van der Waals surface area contributed by atoms with Crippen molar-refractivity contribution in [1.82, 2.24) is 20.1 Å². The Morgan fingerprint density at radius 3 is 2.28 bits per heavy atom. The van der Waals surface area contributed by atoms with Crippen molar-refractivity contribution >= 4 is 5.95 Å². The average molecular weight is 502 g/mol. The van der Waals surface area contributed by atoms with Gasteiger partial charge in [-0.15, -0.1) is 0 Å². The largest absolute Gasteiger partial charge is 0.493 e. The fourth-order valence-corrected chi connectivity index (χ4v) is 4.21. The maximum absolute atomic E-state index is 14.6. The summed E-state index contributed by atoms with van der Waals surface area (Å²) >= 11 is 0. The fraction of sp³-hybridized carbons (Fsp3) is 0.538. The van der Waals surface area contributed by atoms with E-state index in [4.69, 9.17) is 14.0 Å². The summed E-state index contributed by atoms with van der Waals surface area (Å²) in [6.07, 6.45) is 7.38. The van der Waals surface area contributed by atoms with E-state index in [0.29, 0.717) is 24.2 Å². The predicted molar refractivity (Wildman–Crippen MR) is 131 cm³/mol. The van der Waals surface area contributed by atoms with E-state index in [2.05, 4.69) is 25.0 Å². The van der Waals surface area contributed by atoms with Crippen molar-refractivity contribution in [3.05, 3.63) is 42.1 Å². The van der Waals surface area contributed by atoms with Crippen LogP contribution in [0.1, 0.15) is 65.2 Å². The molecular weight excluding hydrogens is 468 g/mol. The van der Waals surface area contributed by atoms with Gasteiger partial charge in [0.2, 0.25) is 17.7 Å². The van der Waals surface area contributed by atoms with Gasteiger partial charge in [0.1, 0.15) is 17.4 Å². The lowest BCUT2D eigenvalue weighted by atomic mass is 9.92. The third-order valence-corrected chi connectivity index (χ3v) is 6.08. The lowest BCUT2D eigenvalue weighted by Gasteiger charge is -2.32. The molecule has 0 aliphatic carbocycles. The van der Waals surface area contributed by atoms with Crippen LogP contribution in [0.25, 0.3) is 11.4 Å². The quantitative estimate of drug-likeness (QED) is 0.323. The SMILES string of the molecule is CC(C)Oc1cnc(N2CCC(CCCOc3cc(F)c(-c4noc(C(C)C)n4)c(F)c3)CC2)nc1. The molecule has 1 fully saturated rings. The number of anilines is 1. The maximum Gasteiger partial charge on any atom is 0.229 e. The third kappa shape index (κ3) is 6.47. The molecule has 0 unspecified atom stereocenters. The topological polar surface area (TPSA) is 86.4 Å². The Hall–Kier alpha value is -3.30. The summed E-state index contributed by atoms with van der Waals surface area (Å²) in [5.41, 5.74) is -0.309. The van der Waals surface area contributed by atoms with E-state index < -0.39 is 11.6 Å². The number of aromatic nitrogens is 4. The molecule has 0 spiro atoms. The highest BCUT2D eigenvalue weighted by atomic mass is 19.1. The van der Waals surface area contributed by atoms with E-state index in [-0.39, 0.29) is 29.2 Å². The van der Waals surface area contributed by atoms with E-state index in [9.17, 15) is 8.78 Å². The van der Waals surface area contributed by atoms with Crippen molar-refractivity contribution in [3.8, 4) is 22.9 Å². The Balaban J connectivity index is 1.21. The molecule has 194 valence electrons. The van der Waals surface area contributed by atoms with Gasteiger partial charge in [0, 0.05) is 31.1 Å². The van der Waals surface area contributed by atoms with Gasteiger partial charge in [0.05, 0.1) is 30.7 Å². The van der Waals surface area contributed by atoms with Crippen molar-refractivity contribution < 1.29 is 22.8 Å². The van der Waals surface area contributed by atoms with E-state index in [1.807, 2.05) is 27.7 Å². The number of hydrogen-bond acceptors (Lipinski definition) is 8. The molecule has 2 aromatic heterocycles. The van der Waals surface area contributed by atoms with Gasteiger partial charge in [-0.3, -0.25) is 0 Å². The van der Waals surface area contributed by atoms with Crippen LogP contribution in [0, 0.1) is 17.6 Å². The number of piperidine rings is 1. The van der Waals surface area contributed by atoms with Gasteiger partial charge >= 0.3 is 0 Å². The third-order valence-electron chi connectivity index (χ3n) is 6.08. The lowest BCUT2D eigenvalue weighted by molar-refractivity contribution is 0.240. The van der Waals surface area contributed by atoms with Crippen LogP contribution < -0.4 is 14.4 Å². The first-order chi connectivity index (χ1) is 17.3. The van der Waals surface area contributed by atoms with Gasteiger partial charge in [-0.1, -0.05) is 19.0 Å². The number of benzene rings is 1. The van der Waals surface area contributed by atoms with Crippen LogP contribution in [0.15, 0.2) is 29.0 Å². The number of ether oxygens (including phenoxy) is 2. The van der Waals surface area contributed by atoms with Crippen molar-refractivity contribution in [2.45, 2.75) is 65.4 Å². The highest BCUT2D eigenvalue weighted by Gasteiger charge is 2.22. The summed E-state index contributed by atoms with van der Waals surface area (Å²) < 4.78 is 45.5. The van der Waals surface area contributed by atoms with Crippen LogP contribution in [-0.4, -0.2) is 45.9 Å². The Kier molecular flexibility index (Phi) is 8.32. The van der Waals surface area contributed by atoms with Crippen LogP contribution >= 0.6 is 0 Å². The molecule has 10 heteroatoms. The second kappa shape index (κ2) is 11.6. The zero-order chi connectivity index (χ0) is 25.7. The molecular formula is C26H33F2N5O3. The summed E-state index contributed by atoms with van der Waals surface area (Å²) in [6, 6.07) is 2.33. The minimum Gasteiger partial charge on any atom is -0.493 e. The molecule has 36 heavy (non-hydrogen) atoms. The second-order valence-electron chi connectivity index (χ2n) is 9.68. The first-order valence-electron chi connectivity index (χ1n) is 12.5. The van der Waals surface area contributed by atoms with Crippen LogP contribution in [0.2, 0.25) is 0 Å². The molecule has 3 heterocycles. The van der Waals surface area contributed by atoms with Crippen LogP contribution in [0.4, 0.5) is 14.7 Å². The summed E-state index contributed by atoms with van der Waals surface area (Å²) in [6.45, 7) is 9.83. The molecule has 1 saturated heterocycles. The molecule has 0 bridgehead atoms. The molecule has 1 aromatic carbocycles. The molecule has 0 N–H and O–H groups in total. The monoisotopic (exact) mass is 501 g/mol. The maximum atomic E-state index is 14.6. The molecule has 1 aliphatic rings. The Labute approximate surface area is 210 Å². The van der Waals surface area contributed by atoms with E-state index in [1.54, 1.807) is 12.4 Å². The number of hydrogen-bond donors (Lipinski definition) is 0. The van der Waals surface area contributed by atoms with Crippen LogP contribution in [0.5, 0.6) is 11.5 Å². The molecule has 0 atom stereocenters. The zero-order valence-electron chi connectivity index (χ0n) is 21.2. The number of halogens is 2. The normalized spacial score (nSPS) is 14.6. The Morgan fingerprint density at radius 1 is 1.03 bits per heavy atom. The molecule has 1 aliphatic heterocycles. The van der Waals surface area contributed by atoms with Crippen molar-refractivity contribution in [1.29, 1.82) is 0 Å². The van der Waals surface area contributed by atoms with Gasteiger partial charge in [0.25, 0.3) is 0 Å². The minimum absolute atomic E-state index is 0.0308. The smallest absolute Gasteiger partial charge is 0.229 e. The molecule has 8 nitrogen and oxygen atoms in total. The minimum atomic E-state index is -0.778. The zero-order valence-corrected chi connectivity index (χ0v) is 21.2. The Bertz CT molecular complexity index is 1110. The molecule has 3 aromatic rings. The van der Waals surface area contributed by atoms with Crippen molar-refractivity contribution in [2.75, 3.05) is 24.6 Å². The van der Waals surface area contributed by atoms with E-state index >= 15 is 0 Å². The molecule has 0 amide bonds. The van der Waals surface area contributed by atoms with Gasteiger partial charge in [-0.05, 0) is 45.4 Å². The lowest BCUT2D eigenvalue weighted by Crippen LogP contribution is -2.34. The van der Waals surface area contributed by atoms with Gasteiger partial charge in [-0.2, -0.15) is 4.98 Å². The first-order valence-corrected chi connectivity index (χ1v) is 12.5. The average Bonchev–Trinajstić information content (AvgIpc) is 3.32.